The minimum Gasteiger partial charge on any atom is -0.393 e. The van der Waals surface area contributed by atoms with Crippen LogP contribution in [-0.4, -0.2) is 108 Å². The first kappa shape index (κ1) is 54.3. The lowest BCUT2D eigenvalue weighted by molar-refractivity contribution is -0.220. The monoisotopic (exact) mass is 846 g/mol. The molecule has 13 nitrogen and oxygen atoms in total. The van der Waals surface area contributed by atoms with E-state index in [-0.39, 0.29) is 6.42 Å². The highest BCUT2D eigenvalue weighted by Gasteiger charge is 2.51. The van der Waals surface area contributed by atoms with Crippen LogP contribution in [-0.2, 0) is 18.4 Å². The molecule has 0 aromatic carbocycles. The number of amides is 1. The van der Waals surface area contributed by atoms with Crippen LogP contribution in [0.2, 0.25) is 0 Å². The molecule has 9 N–H and O–H groups in total. The molecule has 0 aliphatic heterocycles. The Hall–Kier alpha value is -1.74. The molecule has 58 heavy (non-hydrogen) atoms. The second-order valence-corrected chi connectivity index (χ2v) is 17.1. The van der Waals surface area contributed by atoms with E-state index >= 15 is 0 Å². The number of phosphoric acid groups is 1. The third-order valence-corrected chi connectivity index (χ3v) is 11.3. The van der Waals surface area contributed by atoms with Gasteiger partial charge >= 0.3 is 7.82 Å². The van der Waals surface area contributed by atoms with Crippen LogP contribution in [0, 0.1) is 0 Å². The quantitative estimate of drug-likeness (QED) is 0.0184. The third-order valence-electron chi connectivity index (χ3n) is 10.4. The van der Waals surface area contributed by atoms with Crippen molar-refractivity contribution in [3.8, 4) is 0 Å². The van der Waals surface area contributed by atoms with E-state index in [9.17, 15) is 50.0 Å². The molecule has 1 fully saturated rings. The maximum absolute atomic E-state index is 12.9. The van der Waals surface area contributed by atoms with E-state index < -0.39 is 75.2 Å². The average molecular weight is 846 g/mol. The molecule has 0 heterocycles. The van der Waals surface area contributed by atoms with Crippen molar-refractivity contribution < 1.29 is 59.0 Å². The van der Waals surface area contributed by atoms with Crippen LogP contribution in [0.3, 0.4) is 0 Å². The standard InChI is InChI=1S/C44H80NO12P/c1-3-5-7-9-11-13-14-15-16-17-18-19-20-21-22-23-24-26-28-30-32-37(47)36(45-38(48)33-35(46)31-29-27-25-12-10-8-6-4-2)34-56-58(54,55)57-44-42(52)40(50)39(49)41(51)43(44)53/h10,12,19-20,23-24,30,32,35-37,39-44,46-47,49-53H,3-9,11,13-18,21-22,25-29,31,33-34H2,1-2H3,(H,45,48)(H,54,55)/b12-10-,20-19+,24-23+,32-30+. The van der Waals surface area contributed by atoms with Crippen LogP contribution in [0.5, 0.6) is 0 Å². The number of rotatable bonds is 35. The summed E-state index contributed by atoms with van der Waals surface area (Å²) < 4.78 is 22.8. The molecule has 0 bridgehead atoms. The van der Waals surface area contributed by atoms with Crippen LogP contribution >= 0.6 is 7.82 Å². The summed E-state index contributed by atoms with van der Waals surface area (Å²) >= 11 is 0. The molecule has 8 unspecified atom stereocenters. The first-order valence-corrected chi connectivity index (χ1v) is 23.7. The van der Waals surface area contributed by atoms with Gasteiger partial charge in [-0.15, -0.1) is 0 Å². The molecule has 338 valence electrons. The second-order valence-electron chi connectivity index (χ2n) is 15.7. The predicted octanol–water partition coefficient (Wildman–Crippen LogP) is 6.75. The molecular formula is C44H80NO12P. The van der Waals surface area contributed by atoms with Crippen LogP contribution < -0.4 is 5.32 Å². The van der Waals surface area contributed by atoms with E-state index in [1.54, 1.807) is 6.08 Å². The smallest absolute Gasteiger partial charge is 0.393 e. The topological polar surface area (TPSA) is 226 Å². The fraction of sp³-hybridized carbons (Fsp3) is 0.795. The molecule has 14 heteroatoms. The van der Waals surface area contributed by atoms with Crippen molar-refractivity contribution in [1.29, 1.82) is 0 Å². The summed E-state index contributed by atoms with van der Waals surface area (Å²) in [6, 6.07) is -1.27. The fourth-order valence-electron chi connectivity index (χ4n) is 6.66. The van der Waals surface area contributed by atoms with E-state index in [0.717, 1.165) is 51.4 Å². The number of aliphatic hydroxyl groups is 7. The van der Waals surface area contributed by atoms with Crippen LogP contribution in [0.4, 0.5) is 0 Å². The molecule has 1 saturated carbocycles. The van der Waals surface area contributed by atoms with Gasteiger partial charge in [0.05, 0.1) is 31.3 Å². The Morgan fingerprint density at radius 1 is 0.603 bits per heavy atom. The number of unbranched alkanes of at least 4 members (excludes halogenated alkanes) is 16. The first-order valence-electron chi connectivity index (χ1n) is 22.2. The van der Waals surface area contributed by atoms with Crippen molar-refractivity contribution in [2.75, 3.05) is 6.61 Å². The predicted molar refractivity (Wildman–Crippen MR) is 229 cm³/mol. The van der Waals surface area contributed by atoms with Gasteiger partial charge in [0.15, 0.2) is 0 Å². The Balaban J connectivity index is 2.60. The van der Waals surface area contributed by atoms with Crippen molar-refractivity contribution >= 4 is 13.7 Å². The zero-order valence-electron chi connectivity index (χ0n) is 35.4. The van der Waals surface area contributed by atoms with Gasteiger partial charge < -0.3 is 46.0 Å². The highest BCUT2D eigenvalue weighted by Crippen LogP contribution is 2.47. The number of carbonyl (C=O) groups excluding carboxylic acids is 1. The van der Waals surface area contributed by atoms with Crippen LogP contribution in [0.15, 0.2) is 48.6 Å². The number of hydrogen-bond acceptors (Lipinski definition) is 11. The summed E-state index contributed by atoms with van der Waals surface area (Å²) in [6.45, 7) is 3.63. The van der Waals surface area contributed by atoms with E-state index in [1.165, 1.54) is 70.3 Å². The van der Waals surface area contributed by atoms with Gasteiger partial charge in [0.2, 0.25) is 5.91 Å². The van der Waals surface area contributed by atoms with E-state index in [0.29, 0.717) is 25.7 Å². The molecule has 1 aliphatic rings. The maximum Gasteiger partial charge on any atom is 0.472 e. The molecule has 1 amide bonds. The van der Waals surface area contributed by atoms with Gasteiger partial charge in [-0.1, -0.05) is 140 Å². The lowest BCUT2D eigenvalue weighted by Crippen LogP contribution is -2.64. The summed E-state index contributed by atoms with van der Waals surface area (Å²) in [5.41, 5.74) is 0. The maximum atomic E-state index is 12.9. The van der Waals surface area contributed by atoms with Crippen molar-refractivity contribution in [1.82, 2.24) is 5.32 Å². The molecule has 0 aromatic rings. The van der Waals surface area contributed by atoms with Gasteiger partial charge in [-0.05, 0) is 64.2 Å². The van der Waals surface area contributed by atoms with Crippen molar-refractivity contribution in [3.63, 3.8) is 0 Å². The summed E-state index contributed by atoms with van der Waals surface area (Å²) in [7, 11) is -5.15. The highest BCUT2D eigenvalue weighted by molar-refractivity contribution is 7.47. The zero-order chi connectivity index (χ0) is 43.0. The Kier molecular flexibility index (Phi) is 31.7. The van der Waals surface area contributed by atoms with E-state index in [1.807, 2.05) is 0 Å². The van der Waals surface area contributed by atoms with Gasteiger partial charge in [0.1, 0.15) is 36.6 Å². The van der Waals surface area contributed by atoms with Gasteiger partial charge in [0, 0.05) is 0 Å². The number of nitrogens with one attached hydrogen (secondary N) is 1. The van der Waals surface area contributed by atoms with Gasteiger partial charge in [-0.25, -0.2) is 4.57 Å². The molecule has 8 atom stereocenters. The van der Waals surface area contributed by atoms with Crippen LogP contribution in [0.25, 0.3) is 0 Å². The second kappa shape index (κ2) is 33.9. The summed E-state index contributed by atoms with van der Waals surface area (Å²) in [6.07, 6.45) is 25.2. The number of hydrogen-bond donors (Lipinski definition) is 9. The highest BCUT2D eigenvalue weighted by atomic mass is 31.2. The zero-order valence-corrected chi connectivity index (χ0v) is 36.3. The summed E-state index contributed by atoms with van der Waals surface area (Å²) in [5.74, 6) is -0.625. The molecule has 0 spiro atoms. The number of phosphoric ester groups is 1. The number of aliphatic hydroxyl groups excluding tert-OH is 7. The minimum absolute atomic E-state index is 0.273. The average Bonchev–Trinajstić information content (AvgIpc) is 3.19. The number of carbonyl (C=O) groups is 1. The molecule has 0 radical (unpaired) electrons. The Labute approximate surface area is 349 Å². The molecule has 0 saturated heterocycles. The lowest BCUT2D eigenvalue weighted by atomic mass is 9.85. The van der Waals surface area contributed by atoms with Crippen molar-refractivity contribution in [3.05, 3.63) is 48.6 Å². The normalized spacial score (nSPS) is 24.2. The van der Waals surface area contributed by atoms with Gasteiger partial charge in [-0.2, -0.15) is 0 Å². The van der Waals surface area contributed by atoms with Gasteiger partial charge in [0.25, 0.3) is 0 Å². The lowest BCUT2D eigenvalue weighted by Gasteiger charge is -2.41. The SMILES string of the molecule is CCCC/C=C\CCCCC(O)CC(=O)NC(COP(=O)(O)OC1C(O)C(O)C(O)C(O)C1O)C(O)/C=C/CC/C=C/CC/C=C/CCCCCCCCCCCC. The van der Waals surface area contributed by atoms with Crippen molar-refractivity contribution in [2.24, 2.45) is 0 Å². The largest absolute Gasteiger partial charge is 0.472 e. The molecule has 0 aromatic heterocycles. The molecule has 1 rings (SSSR count). The molecule has 1 aliphatic carbocycles. The summed E-state index contributed by atoms with van der Waals surface area (Å²) in [4.78, 5) is 23.3. The van der Waals surface area contributed by atoms with E-state index in [4.69, 9.17) is 9.05 Å². The third kappa shape index (κ3) is 25.8. The Bertz CT molecular complexity index is 1180. The Morgan fingerprint density at radius 3 is 1.57 bits per heavy atom. The van der Waals surface area contributed by atoms with Crippen LogP contribution in [0.1, 0.15) is 162 Å². The first-order chi connectivity index (χ1) is 27.8. The molecular weight excluding hydrogens is 765 g/mol. The fourth-order valence-corrected chi connectivity index (χ4v) is 7.63. The van der Waals surface area contributed by atoms with Crippen molar-refractivity contribution in [2.45, 2.75) is 216 Å². The van der Waals surface area contributed by atoms with Gasteiger partial charge in [-0.3, -0.25) is 13.8 Å². The minimum atomic E-state index is -5.15. The van der Waals surface area contributed by atoms with E-state index in [2.05, 4.69) is 55.6 Å². The Morgan fingerprint density at radius 2 is 1.03 bits per heavy atom. The number of allylic oxidation sites excluding steroid dienone is 7. The summed E-state index contributed by atoms with van der Waals surface area (Å²) in [5, 5.41) is 74.1.